The molecule has 0 unspecified atom stereocenters. The highest BCUT2D eigenvalue weighted by atomic mass is 35.5. The van der Waals surface area contributed by atoms with Gasteiger partial charge in [0.2, 0.25) is 0 Å². The molecule has 0 fully saturated rings. The molecule has 3 aromatic rings. The number of benzene rings is 3. The van der Waals surface area contributed by atoms with Crippen LogP contribution in [-0.4, -0.2) is 6.03 Å². The van der Waals surface area contributed by atoms with Crippen molar-refractivity contribution in [3.8, 4) is 11.1 Å². The average Bonchev–Trinajstić information content (AvgIpc) is 2.58. The SMILES string of the molecule is NC(=O)Nc1ccc(Cc2cccc(-c3cccc(Cl)c3)c2F)cc1. The number of hydrogen-bond donors (Lipinski definition) is 2. The largest absolute Gasteiger partial charge is 0.351 e. The summed E-state index contributed by atoms with van der Waals surface area (Å²) in [5, 5.41) is 3.06. The molecule has 0 aliphatic heterocycles. The summed E-state index contributed by atoms with van der Waals surface area (Å²) in [4.78, 5) is 10.8. The summed E-state index contributed by atoms with van der Waals surface area (Å²) in [6, 6.07) is 19.0. The van der Waals surface area contributed by atoms with Crippen molar-refractivity contribution in [3.05, 3.63) is 88.7 Å². The molecule has 0 radical (unpaired) electrons. The lowest BCUT2D eigenvalue weighted by Gasteiger charge is -2.10. The van der Waals surface area contributed by atoms with Crippen LogP contribution in [0.25, 0.3) is 11.1 Å². The minimum atomic E-state index is -0.618. The van der Waals surface area contributed by atoms with Crippen molar-refractivity contribution >= 4 is 23.3 Å². The van der Waals surface area contributed by atoms with E-state index in [2.05, 4.69) is 5.32 Å². The number of halogens is 2. The Balaban J connectivity index is 1.86. The van der Waals surface area contributed by atoms with E-state index in [4.69, 9.17) is 17.3 Å². The van der Waals surface area contributed by atoms with E-state index in [1.165, 1.54) is 0 Å². The molecule has 5 heteroatoms. The molecule has 0 aromatic heterocycles. The average molecular weight is 355 g/mol. The van der Waals surface area contributed by atoms with Gasteiger partial charge in [-0.1, -0.05) is 54.1 Å². The number of carbonyl (C=O) groups excluding carboxylic acids is 1. The van der Waals surface area contributed by atoms with Gasteiger partial charge in [0.1, 0.15) is 5.82 Å². The van der Waals surface area contributed by atoms with Gasteiger partial charge in [-0.15, -0.1) is 0 Å². The molecule has 3 rings (SSSR count). The maximum atomic E-state index is 14.9. The van der Waals surface area contributed by atoms with Crippen molar-refractivity contribution in [1.29, 1.82) is 0 Å². The lowest BCUT2D eigenvalue weighted by molar-refractivity contribution is 0.259. The third-order valence-electron chi connectivity index (χ3n) is 3.83. The van der Waals surface area contributed by atoms with Crippen LogP contribution in [0.2, 0.25) is 5.02 Å². The molecule has 25 heavy (non-hydrogen) atoms. The minimum absolute atomic E-state index is 0.260. The Morgan fingerprint density at radius 1 is 1.04 bits per heavy atom. The van der Waals surface area contributed by atoms with E-state index >= 15 is 0 Å². The molecule has 3 N–H and O–H groups in total. The van der Waals surface area contributed by atoms with E-state index in [1.54, 1.807) is 42.5 Å². The van der Waals surface area contributed by atoms with Crippen LogP contribution in [0.1, 0.15) is 11.1 Å². The van der Waals surface area contributed by atoms with Gasteiger partial charge in [0, 0.05) is 22.7 Å². The van der Waals surface area contributed by atoms with Gasteiger partial charge in [0.05, 0.1) is 0 Å². The van der Waals surface area contributed by atoms with Crippen LogP contribution >= 0.6 is 11.6 Å². The first-order chi connectivity index (χ1) is 12.0. The van der Waals surface area contributed by atoms with Gasteiger partial charge in [0.25, 0.3) is 0 Å². The van der Waals surface area contributed by atoms with E-state index in [0.717, 1.165) is 11.1 Å². The first-order valence-electron chi connectivity index (χ1n) is 7.71. The molecule has 0 spiro atoms. The second-order valence-corrected chi connectivity index (χ2v) is 6.09. The summed E-state index contributed by atoms with van der Waals surface area (Å²) in [7, 11) is 0. The summed E-state index contributed by atoms with van der Waals surface area (Å²) < 4.78 is 14.9. The fraction of sp³-hybridized carbons (Fsp3) is 0.0500. The number of amides is 2. The van der Waals surface area contributed by atoms with Crippen LogP contribution in [0.3, 0.4) is 0 Å². The number of nitrogens with one attached hydrogen (secondary N) is 1. The van der Waals surface area contributed by atoms with E-state index in [1.807, 2.05) is 24.3 Å². The number of primary amides is 1. The number of anilines is 1. The van der Waals surface area contributed by atoms with Crippen LogP contribution in [-0.2, 0) is 6.42 Å². The molecule has 3 nitrogen and oxygen atoms in total. The Kier molecular flexibility index (Phi) is 5.00. The molecule has 0 saturated carbocycles. The van der Waals surface area contributed by atoms with Crippen LogP contribution in [0.4, 0.5) is 14.9 Å². The Hall–Kier alpha value is -2.85. The summed E-state index contributed by atoms with van der Waals surface area (Å²) >= 11 is 6.01. The van der Waals surface area contributed by atoms with E-state index in [-0.39, 0.29) is 5.82 Å². The molecule has 3 aromatic carbocycles. The summed E-state index contributed by atoms with van der Waals surface area (Å²) in [5.41, 5.74) is 8.46. The number of hydrogen-bond acceptors (Lipinski definition) is 1. The lowest BCUT2D eigenvalue weighted by Crippen LogP contribution is -2.19. The van der Waals surface area contributed by atoms with Gasteiger partial charge in [-0.2, -0.15) is 0 Å². The third kappa shape index (κ3) is 4.17. The molecule has 0 aliphatic rings. The highest BCUT2D eigenvalue weighted by molar-refractivity contribution is 6.30. The monoisotopic (exact) mass is 354 g/mol. The molecular weight excluding hydrogens is 339 g/mol. The quantitative estimate of drug-likeness (QED) is 0.662. The van der Waals surface area contributed by atoms with Crippen LogP contribution < -0.4 is 11.1 Å². The molecule has 0 aliphatic carbocycles. The van der Waals surface area contributed by atoms with Crippen molar-refractivity contribution in [2.24, 2.45) is 5.73 Å². The van der Waals surface area contributed by atoms with Crippen molar-refractivity contribution in [2.75, 3.05) is 5.32 Å². The maximum absolute atomic E-state index is 14.9. The van der Waals surface area contributed by atoms with Crippen molar-refractivity contribution in [2.45, 2.75) is 6.42 Å². The number of nitrogens with two attached hydrogens (primary N) is 1. The molecule has 0 saturated heterocycles. The molecule has 0 bridgehead atoms. The Labute approximate surface area is 150 Å². The summed E-state index contributed by atoms with van der Waals surface area (Å²) in [5.74, 6) is -0.260. The second kappa shape index (κ2) is 7.36. The Morgan fingerprint density at radius 2 is 1.76 bits per heavy atom. The van der Waals surface area contributed by atoms with E-state index in [0.29, 0.717) is 28.3 Å². The Morgan fingerprint density at radius 3 is 2.44 bits per heavy atom. The Bertz CT molecular complexity index is 910. The van der Waals surface area contributed by atoms with Crippen LogP contribution in [0.15, 0.2) is 66.7 Å². The van der Waals surface area contributed by atoms with Gasteiger partial charge in [0.15, 0.2) is 0 Å². The van der Waals surface area contributed by atoms with Crippen LogP contribution in [0.5, 0.6) is 0 Å². The number of urea groups is 1. The first-order valence-corrected chi connectivity index (χ1v) is 8.09. The van der Waals surface area contributed by atoms with Gasteiger partial charge < -0.3 is 11.1 Å². The van der Waals surface area contributed by atoms with Gasteiger partial charge >= 0.3 is 6.03 Å². The number of rotatable bonds is 4. The maximum Gasteiger partial charge on any atom is 0.316 e. The van der Waals surface area contributed by atoms with Crippen molar-refractivity contribution in [3.63, 3.8) is 0 Å². The van der Waals surface area contributed by atoms with E-state index < -0.39 is 6.03 Å². The highest BCUT2D eigenvalue weighted by Crippen LogP contribution is 2.28. The zero-order valence-corrected chi connectivity index (χ0v) is 14.1. The van der Waals surface area contributed by atoms with Crippen molar-refractivity contribution in [1.82, 2.24) is 0 Å². The predicted octanol–water partition coefficient (Wildman–Crippen LogP) is 5.23. The minimum Gasteiger partial charge on any atom is -0.351 e. The normalized spacial score (nSPS) is 10.5. The zero-order valence-electron chi connectivity index (χ0n) is 13.3. The fourth-order valence-corrected chi connectivity index (χ4v) is 2.85. The topological polar surface area (TPSA) is 55.1 Å². The first kappa shape index (κ1) is 17.0. The van der Waals surface area contributed by atoms with E-state index in [9.17, 15) is 9.18 Å². The highest BCUT2D eigenvalue weighted by Gasteiger charge is 2.11. The molecule has 0 heterocycles. The second-order valence-electron chi connectivity index (χ2n) is 5.65. The molecule has 126 valence electrons. The standard InChI is InChI=1S/C20H16ClFN2O/c21-16-5-1-3-14(12-16)18-6-2-4-15(19(18)22)11-13-7-9-17(10-8-13)24-20(23)25/h1-10,12H,11H2,(H3,23,24,25). The van der Waals surface area contributed by atoms with Gasteiger partial charge in [-0.05, 0) is 41.0 Å². The fourth-order valence-electron chi connectivity index (χ4n) is 2.66. The smallest absolute Gasteiger partial charge is 0.316 e. The molecule has 0 atom stereocenters. The van der Waals surface area contributed by atoms with Crippen molar-refractivity contribution < 1.29 is 9.18 Å². The van der Waals surface area contributed by atoms with Gasteiger partial charge in [-0.3, -0.25) is 0 Å². The van der Waals surface area contributed by atoms with Crippen LogP contribution in [0, 0.1) is 5.82 Å². The van der Waals surface area contributed by atoms with Gasteiger partial charge in [-0.25, -0.2) is 9.18 Å². The lowest BCUT2D eigenvalue weighted by atomic mass is 9.98. The third-order valence-corrected chi connectivity index (χ3v) is 4.07. The summed E-state index contributed by atoms with van der Waals surface area (Å²) in [6.07, 6.45) is 0.442. The molecule has 2 amide bonds. The predicted molar refractivity (Wildman–Crippen MR) is 99.3 cm³/mol. The summed E-state index contributed by atoms with van der Waals surface area (Å²) in [6.45, 7) is 0. The molecular formula is C20H16ClFN2O. The zero-order chi connectivity index (χ0) is 17.8. The number of carbonyl (C=O) groups is 1.